The maximum Gasteiger partial charge on any atom is 0.222 e. The van der Waals surface area contributed by atoms with Crippen molar-refractivity contribution in [3.05, 3.63) is 52.7 Å². The summed E-state index contributed by atoms with van der Waals surface area (Å²) in [5.41, 5.74) is 4.49. The van der Waals surface area contributed by atoms with Crippen molar-refractivity contribution in [2.24, 2.45) is 11.3 Å². The number of hydrogen-bond donors (Lipinski definition) is 1. The van der Waals surface area contributed by atoms with Crippen molar-refractivity contribution in [3.8, 4) is 17.3 Å². The van der Waals surface area contributed by atoms with E-state index in [0.29, 0.717) is 18.4 Å². The van der Waals surface area contributed by atoms with Crippen LogP contribution in [0.5, 0.6) is 0 Å². The highest BCUT2D eigenvalue weighted by atomic mass is 16.2. The van der Waals surface area contributed by atoms with Gasteiger partial charge in [0, 0.05) is 37.6 Å². The average Bonchev–Trinajstić information content (AvgIpc) is 2.80. The van der Waals surface area contributed by atoms with Gasteiger partial charge in [-0.2, -0.15) is 5.26 Å². The van der Waals surface area contributed by atoms with Crippen LogP contribution in [0.2, 0.25) is 0 Å². The Morgan fingerprint density at radius 3 is 2.18 bits per heavy atom. The number of amides is 1. The number of pyridine rings is 1. The number of carbonyl (C=O) groups excluding carboxylic acids is 3. The summed E-state index contributed by atoms with van der Waals surface area (Å²) in [5, 5.41) is 11.7. The number of Topliss-reactive ketones (excluding diaryl/α,β-unsaturated/α-hetero) is 2. The standard InChI is InChI=1S/C27H29N3O3/c1-16-10-20(21-5-4-18(14-28)15-30-21)11-17(2)24(16)25-22(31)12-27(13-23(25)32)8-6-19(7-9-27)26(33)29-3/h4-5,10-11,15,19,25H,6-9,12-13H2,1-3H3,(H,29,33). The van der Waals surface area contributed by atoms with E-state index in [1.165, 1.54) is 0 Å². The van der Waals surface area contributed by atoms with E-state index in [-0.39, 0.29) is 28.8 Å². The third-order valence-corrected chi connectivity index (χ3v) is 7.48. The molecule has 170 valence electrons. The summed E-state index contributed by atoms with van der Waals surface area (Å²) in [6.45, 7) is 3.88. The average molecular weight is 444 g/mol. The van der Waals surface area contributed by atoms with Gasteiger partial charge in [-0.15, -0.1) is 0 Å². The molecule has 0 saturated heterocycles. The highest BCUT2D eigenvalue weighted by Crippen LogP contribution is 2.50. The molecule has 2 aromatic rings. The van der Waals surface area contributed by atoms with E-state index >= 15 is 0 Å². The van der Waals surface area contributed by atoms with Gasteiger partial charge in [0.25, 0.3) is 0 Å². The number of carbonyl (C=O) groups is 3. The fourth-order valence-corrected chi connectivity index (χ4v) is 5.77. The summed E-state index contributed by atoms with van der Waals surface area (Å²) < 4.78 is 0. The minimum Gasteiger partial charge on any atom is -0.359 e. The van der Waals surface area contributed by atoms with Gasteiger partial charge >= 0.3 is 0 Å². The van der Waals surface area contributed by atoms with E-state index in [2.05, 4.69) is 16.4 Å². The van der Waals surface area contributed by atoms with Gasteiger partial charge in [0.15, 0.2) is 0 Å². The molecule has 0 radical (unpaired) electrons. The number of nitriles is 1. The van der Waals surface area contributed by atoms with Crippen LogP contribution >= 0.6 is 0 Å². The molecular formula is C27H29N3O3. The number of nitrogens with one attached hydrogen (secondary N) is 1. The predicted molar refractivity (Wildman–Crippen MR) is 124 cm³/mol. The third kappa shape index (κ3) is 4.32. The van der Waals surface area contributed by atoms with Crippen molar-refractivity contribution in [1.29, 1.82) is 5.26 Å². The lowest BCUT2D eigenvalue weighted by Gasteiger charge is -2.43. The van der Waals surface area contributed by atoms with Crippen molar-refractivity contribution in [3.63, 3.8) is 0 Å². The maximum absolute atomic E-state index is 13.3. The molecule has 0 atom stereocenters. The quantitative estimate of drug-likeness (QED) is 0.718. The van der Waals surface area contributed by atoms with Gasteiger partial charge in [-0.25, -0.2) is 0 Å². The lowest BCUT2D eigenvalue weighted by molar-refractivity contribution is -0.138. The normalized spacial score (nSPS) is 25.0. The topological polar surface area (TPSA) is 99.9 Å². The van der Waals surface area contributed by atoms with E-state index in [4.69, 9.17) is 5.26 Å². The van der Waals surface area contributed by atoms with Gasteiger partial charge in [-0.3, -0.25) is 19.4 Å². The van der Waals surface area contributed by atoms with E-state index in [1.807, 2.05) is 32.0 Å². The van der Waals surface area contributed by atoms with Crippen molar-refractivity contribution in [1.82, 2.24) is 10.3 Å². The van der Waals surface area contributed by atoms with E-state index in [0.717, 1.165) is 53.6 Å². The number of rotatable bonds is 3. The van der Waals surface area contributed by atoms with E-state index < -0.39 is 5.92 Å². The molecule has 2 saturated carbocycles. The Labute approximate surface area is 194 Å². The monoisotopic (exact) mass is 443 g/mol. The first-order chi connectivity index (χ1) is 15.8. The number of aryl methyl sites for hydroxylation is 2. The van der Waals surface area contributed by atoms with Crippen LogP contribution in [0.3, 0.4) is 0 Å². The van der Waals surface area contributed by atoms with Crippen molar-refractivity contribution < 1.29 is 14.4 Å². The summed E-state index contributed by atoms with van der Waals surface area (Å²) >= 11 is 0. The zero-order valence-electron chi connectivity index (χ0n) is 19.4. The molecule has 0 aliphatic heterocycles. The molecule has 6 nitrogen and oxygen atoms in total. The first-order valence-corrected chi connectivity index (χ1v) is 11.5. The van der Waals surface area contributed by atoms with E-state index in [1.54, 1.807) is 19.3 Å². The number of hydrogen-bond acceptors (Lipinski definition) is 5. The van der Waals surface area contributed by atoms with Gasteiger partial charge in [0.1, 0.15) is 23.6 Å². The van der Waals surface area contributed by atoms with Crippen molar-refractivity contribution >= 4 is 17.5 Å². The summed E-state index contributed by atoms with van der Waals surface area (Å²) in [5.74, 6) is -0.675. The molecule has 33 heavy (non-hydrogen) atoms. The molecule has 1 aromatic heterocycles. The zero-order valence-corrected chi connectivity index (χ0v) is 19.4. The molecule has 0 unspecified atom stereocenters. The van der Waals surface area contributed by atoms with E-state index in [9.17, 15) is 14.4 Å². The summed E-state index contributed by atoms with van der Waals surface area (Å²) in [4.78, 5) is 43.0. The summed E-state index contributed by atoms with van der Waals surface area (Å²) in [6, 6.07) is 9.54. The molecule has 1 heterocycles. The number of aromatic nitrogens is 1. The third-order valence-electron chi connectivity index (χ3n) is 7.48. The molecule has 1 aromatic carbocycles. The second-order valence-corrected chi connectivity index (χ2v) is 9.68. The van der Waals surface area contributed by atoms with Gasteiger partial charge in [-0.05, 0) is 85.9 Å². The van der Waals surface area contributed by atoms with Crippen molar-refractivity contribution in [2.75, 3.05) is 7.05 Å². The van der Waals surface area contributed by atoms with Crippen LogP contribution in [0.4, 0.5) is 0 Å². The molecule has 2 aliphatic carbocycles. The molecule has 1 N–H and O–H groups in total. The second-order valence-electron chi connectivity index (χ2n) is 9.68. The Balaban J connectivity index is 1.56. The minimum atomic E-state index is -0.713. The van der Waals surface area contributed by atoms with Gasteiger partial charge in [-0.1, -0.05) is 0 Å². The van der Waals surface area contributed by atoms with Crippen LogP contribution in [-0.2, 0) is 14.4 Å². The number of ketones is 2. The molecule has 0 bridgehead atoms. The minimum absolute atomic E-state index is 0.0000844. The lowest BCUT2D eigenvalue weighted by atomic mass is 9.59. The molecule has 6 heteroatoms. The maximum atomic E-state index is 13.3. The highest BCUT2D eigenvalue weighted by Gasteiger charge is 2.48. The highest BCUT2D eigenvalue weighted by molar-refractivity contribution is 6.10. The first kappa shape index (κ1) is 22.8. The fraction of sp³-hybridized carbons (Fsp3) is 0.444. The largest absolute Gasteiger partial charge is 0.359 e. The Morgan fingerprint density at radius 2 is 1.70 bits per heavy atom. The zero-order chi connectivity index (χ0) is 23.8. The molecule has 4 rings (SSSR count). The number of nitrogens with zero attached hydrogens (tertiary/aromatic N) is 2. The fourth-order valence-electron chi connectivity index (χ4n) is 5.77. The smallest absolute Gasteiger partial charge is 0.222 e. The number of benzene rings is 1. The van der Waals surface area contributed by atoms with Crippen LogP contribution in [0.1, 0.15) is 66.7 Å². The molecule has 1 amide bonds. The molecule has 2 fully saturated rings. The lowest BCUT2D eigenvalue weighted by Crippen LogP contribution is -2.43. The van der Waals surface area contributed by atoms with Crippen LogP contribution in [0.15, 0.2) is 30.5 Å². The van der Waals surface area contributed by atoms with Gasteiger partial charge in [0.2, 0.25) is 5.91 Å². The van der Waals surface area contributed by atoms with Crippen LogP contribution in [-0.4, -0.2) is 29.5 Å². The molecular weight excluding hydrogens is 414 g/mol. The summed E-state index contributed by atoms with van der Waals surface area (Å²) in [6.07, 6.45) is 5.31. The molecule has 2 aliphatic rings. The van der Waals surface area contributed by atoms with Crippen molar-refractivity contribution in [2.45, 2.75) is 58.3 Å². The Morgan fingerprint density at radius 1 is 1.09 bits per heavy atom. The molecule has 1 spiro atoms. The first-order valence-electron chi connectivity index (χ1n) is 11.5. The Bertz CT molecular complexity index is 1110. The van der Waals surface area contributed by atoms with Crippen LogP contribution < -0.4 is 5.32 Å². The van der Waals surface area contributed by atoms with Gasteiger partial charge < -0.3 is 5.32 Å². The Hall–Kier alpha value is -3.33. The van der Waals surface area contributed by atoms with Crippen LogP contribution in [0, 0.1) is 36.5 Å². The van der Waals surface area contributed by atoms with Crippen LogP contribution in [0.25, 0.3) is 11.3 Å². The Kier molecular flexibility index (Phi) is 6.16. The SMILES string of the molecule is CNC(=O)C1CCC2(CC1)CC(=O)C(c1c(C)cc(-c3ccc(C#N)cn3)cc1C)C(=O)C2. The van der Waals surface area contributed by atoms with Gasteiger partial charge in [0.05, 0.1) is 11.3 Å². The predicted octanol–water partition coefficient (Wildman–Crippen LogP) is 4.18. The summed E-state index contributed by atoms with van der Waals surface area (Å²) in [7, 11) is 1.65. The second kappa shape index (κ2) is 8.90.